The van der Waals surface area contributed by atoms with Crippen LogP contribution in [0.15, 0.2) is 0 Å². The van der Waals surface area contributed by atoms with Gasteiger partial charge in [-0.15, -0.1) is 0 Å². The highest BCUT2D eigenvalue weighted by atomic mass is 29.3. The van der Waals surface area contributed by atoms with Crippen LogP contribution in [0.2, 0.25) is 64.5 Å². The quantitative estimate of drug-likeness (QED) is 0.124. The van der Waals surface area contributed by atoms with Gasteiger partial charge in [-0.3, -0.25) is 0 Å². The van der Waals surface area contributed by atoms with E-state index in [1.807, 2.05) is 26.2 Å². The first-order valence-electron chi connectivity index (χ1n) is 12.0. The zero-order chi connectivity index (χ0) is 27.3. The van der Waals surface area contributed by atoms with Crippen LogP contribution in [-0.2, 0) is 25.9 Å². The number of halogens is 4. The van der Waals surface area contributed by atoms with E-state index in [1.165, 1.54) is 0 Å². The van der Waals surface area contributed by atoms with Crippen molar-refractivity contribution in [1.82, 2.24) is 0 Å². The van der Waals surface area contributed by atoms with E-state index in [9.17, 15) is 22.4 Å². The molecule has 212 valence electrons. The molecular formula is C18H46F4O7Si6. The second-order valence-electron chi connectivity index (χ2n) is 10.6. The SMILES string of the molecule is C[SiH](C)O[SiH](O[SiH](O[Si](C)(C)CCCOCF)[Si](C)(C)O)O[Si](C)(C)CCCOCCC(F)(F)F. The summed E-state index contributed by atoms with van der Waals surface area (Å²) in [6.45, 7) is 15.3. The van der Waals surface area contributed by atoms with Crippen LogP contribution in [0.5, 0.6) is 0 Å². The predicted molar refractivity (Wildman–Crippen MR) is 144 cm³/mol. The molecule has 0 aromatic heterocycles. The largest absolute Gasteiger partial charge is 0.453 e. The second kappa shape index (κ2) is 16.6. The third kappa shape index (κ3) is 20.4. The molecule has 7 nitrogen and oxygen atoms in total. The Bertz CT molecular complexity index is 568. The van der Waals surface area contributed by atoms with Crippen LogP contribution < -0.4 is 0 Å². The Morgan fingerprint density at radius 1 is 0.771 bits per heavy atom. The average molecular weight is 619 g/mol. The van der Waals surface area contributed by atoms with E-state index in [4.69, 9.17) is 25.9 Å². The van der Waals surface area contributed by atoms with Crippen molar-refractivity contribution in [2.45, 2.75) is 89.9 Å². The Balaban J connectivity index is 5.03. The summed E-state index contributed by atoms with van der Waals surface area (Å²) < 4.78 is 84.2. The lowest BCUT2D eigenvalue weighted by Crippen LogP contribution is -2.59. The number of rotatable bonds is 20. The molecule has 0 aliphatic heterocycles. The zero-order valence-corrected chi connectivity index (χ0v) is 29.0. The van der Waals surface area contributed by atoms with Crippen LogP contribution in [0.25, 0.3) is 0 Å². The molecule has 1 N–H and O–H groups in total. The van der Waals surface area contributed by atoms with Gasteiger partial charge in [-0.1, -0.05) is 0 Å². The lowest BCUT2D eigenvalue weighted by atomic mass is 10.4. The van der Waals surface area contributed by atoms with Gasteiger partial charge in [0.2, 0.25) is 7.83 Å². The fraction of sp³-hybridized carbons (Fsp3) is 1.00. The average Bonchev–Trinajstić information content (AvgIpc) is 2.65. The van der Waals surface area contributed by atoms with Crippen molar-refractivity contribution in [2.24, 2.45) is 0 Å². The highest BCUT2D eigenvalue weighted by molar-refractivity contribution is 7.26. The second-order valence-corrected chi connectivity index (χ2v) is 35.0. The molecule has 35 heavy (non-hydrogen) atoms. The highest BCUT2D eigenvalue weighted by Gasteiger charge is 2.44. The van der Waals surface area contributed by atoms with Gasteiger partial charge < -0.3 is 30.7 Å². The van der Waals surface area contributed by atoms with Crippen molar-refractivity contribution in [3.05, 3.63) is 0 Å². The van der Waals surface area contributed by atoms with E-state index in [1.54, 1.807) is 13.1 Å². The first-order valence-corrected chi connectivity index (χ1v) is 28.2. The minimum atomic E-state index is -4.21. The summed E-state index contributed by atoms with van der Waals surface area (Å²) in [5.74, 6) is 0. The van der Waals surface area contributed by atoms with Crippen molar-refractivity contribution >= 4 is 51.8 Å². The molecule has 0 amide bonds. The molecule has 0 aliphatic carbocycles. The molecule has 0 aliphatic rings. The molecule has 0 rings (SSSR count). The van der Waals surface area contributed by atoms with Crippen molar-refractivity contribution in [1.29, 1.82) is 0 Å². The predicted octanol–water partition coefficient (Wildman–Crippen LogP) is 4.35. The summed E-state index contributed by atoms with van der Waals surface area (Å²) in [6.07, 6.45) is -3.89. The lowest BCUT2D eigenvalue weighted by Gasteiger charge is -2.37. The maximum Gasteiger partial charge on any atom is 0.453 e. The third-order valence-electron chi connectivity index (χ3n) is 4.78. The fourth-order valence-corrected chi connectivity index (χ4v) is 27.8. The lowest BCUT2D eigenvalue weighted by molar-refractivity contribution is -0.145. The van der Waals surface area contributed by atoms with Gasteiger partial charge in [-0.05, 0) is 77.3 Å². The summed E-state index contributed by atoms with van der Waals surface area (Å²) in [4.78, 5) is 10.9. The summed E-state index contributed by atoms with van der Waals surface area (Å²) >= 11 is 0. The maximum absolute atomic E-state index is 12.2. The number of hydrogen-bond acceptors (Lipinski definition) is 7. The maximum atomic E-state index is 12.2. The van der Waals surface area contributed by atoms with E-state index in [0.29, 0.717) is 25.5 Å². The van der Waals surface area contributed by atoms with Crippen molar-refractivity contribution in [3.63, 3.8) is 0 Å². The number of alkyl halides is 4. The first-order chi connectivity index (χ1) is 15.9. The van der Waals surface area contributed by atoms with Crippen molar-refractivity contribution in [2.75, 3.05) is 26.7 Å². The van der Waals surface area contributed by atoms with Crippen molar-refractivity contribution < 1.29 is 48.3 Å². The van der Waals surface area contributed by atoms with E-state index >= 15 is 0 Å². The summed E-state index contributed by atoms with van der Waals surface area (Å²) in [6, 6.07) is 1.45. The van der Waals surface area contributed by atoms with Gasteiger partial charge in [-0.25, -0.2) is 4.39 Å². The van der Waals surface area contributed by atoms with Gasteiger partial charge in [0.15, 0.2) is 32.5 Å². The summed E-state index contributed by atoms with van der Waals surface area (Å²) in [5, 5.41) is 0. The molecule has 17 heteroatoms. The zero-order valence-electron chi connectivity index (χ0n) is 22.5. The van der Waals surface area contributed by atoms with Crippen molar-refractivity contribution in [3.8, 4) is 0 Å². The van der Waals surface area contributed by atoms with Gasteiger partial charge >= 0.3 is 24.5 Å². The van der Waals surface area contributed by atoms with Crippen LogP contribution >= 0.6 is 0 Å². The smallest absolute Gasteiger partial charge is 0.439 e. The van der Waals surface area contributed by atoms with Gasteiger partial charge in [-0.2, -0.15) is 13.2 Å². The first kappa shape index (κ1) is 35.7. The minimum Gasteiger partial charge on any atom is -0.439 e. The molecule has 0 aromatic carbocycles. The molecule has 0 radical (unpaired) electrons. The van der Waals surface area contributed by atoms with Crippen LogP contribution in [0.1, 0.15) is 19.3 Å². The summed E-state index contributed by atoms with van der Waals surface area (Å²) in [7, 11) is -13.8. The van der Waals surface area contributed by atoms with Gasteiger partial charge in [0.1, 0.15) is 0 Å². The van der Waals surface area contributed by atoms with Crippen LogP contribution in [0.4, 0.5) is 17.6 Å². The normalized spacial score (nSPS) is 15.6. The molecule has 2 unspecified atom stereocenters. The molecule has 2 atom stereocenters. The third-order valence-corrected chi connectivity index (χ3v) is 26.5. The van der Waals surface area contributed by atoms with E-state index in [0.717, 1.165) is 6.04 Å². The monoisotopic (exact) mass is 618 g/mol. The van der Waals surface area contributed by atoms with E-state index in [-0.39, 0.29) is 13.2 Å². The Morgan fingerprint density at radius 2 is 1.29 bits per heavy atom. The van der Waals surface area contributed by atoms with Crippen LogP contribution in [0.3, 0.4) is 0 Å². The molecular weight excluding hydrogens is 573 g/mol. The Morgan fingerprint density at radius 3 is 1.74 bits per heavy atom. The molecule has 0 aromatic rings. The van der Waals surface area contributed by atoms with Crippen LogP contribution in [-0.4, -0.2) is 89.5 Å². The number of ether oxygens (including phenoxy) is 2. The summed E-state index contributed by atoms with van der Waals surface area (Å²) in [5.41, 5.74) is 0. The van der Waals surface area contributed by atoms with Gasteiger partial charge in [0.25, 0.3) is 0 Å². The molecule has 0 saturated heterocycles. The highest BCUT2D eigenvalue weighted by Crippen LogP contribution is 2.23. The Labute approximate surface area is 216 Å². The van der Waals surface area contributed by atoms with Gasteiger partial charge in [0, 0.05) is 13.2 Å². The Kier molecular flexibility index (Phi) is 17.0. The topological polar surface area (TPSA) is 75.6 Å². The van der Waals surface area contributed by atoms with Gasteiger partial charge in [0.05, 0.1) is 13.0 Å². The molecule has 0 bridgehead atoms. The number of hydrogen-bond donors (Lipinski definition) is 1. The standard InChI is InChI=1S/C18H46F4O7Si6/c1-30(2)26-31(28-33(3,4)15-9-12-24-14-11-18(20,21)22)27-32(35(7,8)23)29-34(5,6)16-10-13-25-17-19/h23,30-32H,9-17H2,1-8H3. The molecule has 0 saturated carbocycles. The molecule has 0 heterocycles. The molecule has 0 spiro atoms. The van der Waals surface area contributed by atoms with Crippen LogP contribution in [0, 0.1) is 0 Å². The minimum absolute atomic E-state index is 0.242. The Hall–Kier alpha value is 0.741. The van der Waals surface area contributed by atoms with E-state index < -0.39 is 71.3 Å². The molecule has 0 fully saturated rings. The van der Waals surface area contributed by atoms with E-state index in [2.05, 4.69) is 13.1 Å². The fourth-order valence-electron chi connectivity index (χ4n) is 2.96.